The molecule has 308 valence electrons. The summed E-state index contributed by atoms with van der Waals surface area (Å²) >= 11 is 0. The Hall–Kier alpha value is -5.07. The zero-order valence-electron chi connectivity index (χ0n) is 32.8. The molecule has 0 aliphatic heterocycles. The lowest BCUT2D eigenvalue weighted by Gasteiger charge is -2.46. The number of fused-ring (bicyclic) bond motifs is 8. The minimum Gasteiger partial charge on any atom is -0.406 e. The molecule has 5 atom stereocenters. The van der Waals surface area contributed by atoms with E-state index in [-0.39, 0.29) is 37.1 Å². The first-order valence-electron chi connectivity index (χ1n) is 19.6. The number of aliphatic hydroxyl groups excluding tert-OH is 1. The van der Waals surface area contributed by atoms with Crippen LogP contribution >= 0.6 is 0 Å². The lowest BCUT2D eigenvalue weighted by atomic mass is 9.64. The lowest BCUT2D eigenvalue weighted by Crippen LogP contribution is -2.55. The van der Waals surface area contributed by atoms with E-state index in [4.69, 9.17) is 0 Å². The van der Waals surface area contributed by atoms with Crippen LogP contribution in [0.2, 0.25) is 0 Å². The topological polar surface area (TPSA) is 99.1 Å². The van der Waals surface area contributed by atoms with E-state index in [1.165, 1.54) is 35.2 Å². The first kappa shape index (κ1) is 42.5. The van der Waals surface area contributed by atoms with Crippen molar-refractivity contribution in [1.82, 2.24) is 10.2 Å². The normalized spacial score (nSPS) is 23.0. The third-order valence-corrected chi connectivity index (χ3v) is 12.0. The average Bonchev–Trinajstić information content (AvgIpc) is 3.43. The Kier molecular flexibility index (Phi) is 12.8. The Balaban J connectivity index is 1.40. The van der Waals surface area contributed by atoms with Crippen molar-refractivity contribution < 1.29 is 46.5 Å². The van der Waals surface area contributed by atoms with Gasteiger partial charge in [-0.15, -0.1) is 13.2 Å². The lowest BCUT2D eigenvalue weighted by molar-refractivity contribution is -0.274. The summed E-state index contributed by atoms with van der Waals surface area (Å²) in [5.41, 5.74) is 1.43. The highest BCUT2D eigenvalue weighted by Gasteiger charge is 2.57. The van der Waals surface area contributed by atoms with Crippen LogP contribution in [-0.4, -0.2) is 51.5 Å². The Labute approximate surface area is 335 Å². The molecule has 7 nitrogen and oxygen atoms in total. The molecule has 0 spiro atoms. The molecule has 0 radical (unpaired) electrons. The van der Waals surface area contributed by atoms with E-state index < -0.39 is 64.6 Å². The van der Waals surface area contributed by atoms with E-state index in [1.807, 2.05) is 63.2 Å². The van der Waals surface area contributed by atoms with Crippen molar-refractivity contribution in [2.45, 2.75) is 102 Å². The SMILES string of the molecule is CC1=CCC[C@@]2(C)[C@@H](CC[C@@]2(O)CN(Cc2ccc(OC(F)(F)F)cc2)C(=O)N[C@H](C)c2ccccc2)c2ccc(cc2C(=O)c2ccc(F)c(F)c2)C[C@@H](O)CC1. The summed E-state index contributed by atoms with van der Waals surface area (Å²) < 4.78 is 71.3. The Morgan fingerprint density at radius 1 is 0.948 bits per heavy atom. The summed E-state index contributed by atoms with van der Waals surface area (Å²) in [7, 11) is 0. The first-order chi connectivity index (χ1) is 27.4. The molecule has 0 aromatic heterocycles. The van der Waals surface area contributed by atoms with Crippen LogP contribution in [0.15, 0.2) is 103 Å². The van der Waals surface area contributed by atoms with E-state index in [2.05, 4.69) is 16.1 Å². The van der Waals surface area contributed by atoms with E-state index >= 15 is 0 Å². The number of ether oxygens (including phenoxy) is 1. The minimum atomic E-state index is -4.88. The van der Waals surface area contributed by atoms with Crippen molar-refractivity contribution in [3.8, 4) is 5.75 Å². The van der Waals surface area contributed by atoms with E-state index in [1.54, 1.807) is 6.07 Å². The van der Waals surface area contributed by atoms with E-state index in [0.717, 1.165) is 23.3 Å². The van der Waals surface area contributed by atoms with Crippen LogP contribution in [-0.2, 0) is 13.0 Å². The third-order valence-electron chi connectivity index (χ3n) is 12.0. The fraction of sp³-hybridized carbons (Fsp3) is 0.391. The molecular weight excluding hydrogens is 756 g/mol. The quantitative estimate of drug-likeness (QED) is 0.0889. The summed E-state index contributed by atoms with van der Waals surface area (Å²) in [5.74, 6) is -3.63. The molecule has 3 aliphatic carbocycles. The summed E-state index contributed by atoms with van der Waals surface area (Å²) in [6.07, 6.45) is -0.466. The number of benzene rings is 4. The van der Waals surface area contributed by atoms with Crippen LogP contribution in [0.5, 0.6) is 5.75 Å². The Morgan fingerprint density at radius 3 is 2.36 bits per heavy atom. The molecule has 12 heteroatoms. The van der Waals surface area contributed by atoms with Crippen molar-refractivity contribution in [2.24, 2.45) is 5.41 Å². The number of nitrogens with zero attached hydrogens (tertiary/aromatic N) is 1. The maximum atomic E-state index is 14.5. The molecule has 0 saturated heterocycles. The standard InChI is InChI=1S/C46H49F5N2O5/c1-29-8-7-22-44(3)39(37-19-14-32(24-35(54)16-11-29)25-38(37)42(55)34-15-20-40(47)41(48)26-34)21-23-45(44,57)28-53(43(56)52-30(2)33-9-5-4-6-10-33)27-31-12-17-36(18-13-31)58-46(49,50)51/h4-6,8-10,12-15,17-20,25-26,30,35,39,54,57H,7,11,16,21-24,27-28H2,1-3H3,(H,52,56)/t30-,35+,39+,44+,45-/m1/s1. The summed E-state index contributed by atoms with van der Waals surface area (Å²) in [6, 6.07) is 22.0. The van der Waals surface area contributed by atoms with Crippen molar-refractivity contribution in [2.75, 3.05) is 6.54 Å². The van der Waals surface area contributed by atoms with Gasteiger partial charge in [0, 0.05) is 23.1 Å². The smallest absolute Gasteiger partial charge is 0.406 e. The van der Waals surface area contributed by atoms with Crippen LogP contribution in [0.4, 0.5) is 26.7 Å². The summed E-state index contributed by atoms with van der Waals surface area (Å²) in [6.45, 7) is 5.56. The molecule has 3 aliphatic rings. The van der Waals surface area contributed by atoms with Gasteiger partial charge >= 0.3 is 12.4 Å². The zero-order chi connectivity index (χ0) is 41.8. The number of amides is 2. The second kappa shape index (κ2) is 17.4. The van der Waals surface area contributed by atoms with E-state index in [9.17, 15) is 41.8 Å². The van der Waals surface area contributed by atoms with Gasteiger partial charge in [0.25, 0.3) is 0 Å². The molecule has 3 N–H and O–H groups in total. The van der Waals surface area contributed by atoms with Gasteiger partial charge in [-0.1, -0.05) is 73.2 Å². The van der Waals surface area contributed by atoms with Crippen molar-refractivity contribution in [1.29, 1.82) is 0 Å². The largest absolute Gasteiger partial charge is 0.573 e. The van der Waals surface area contributed by atoms with Gasteiger partial charge in [-0.25, -0.2) is 13.6 Å². The number of nitrogens with one attached hydrogen (secondary N) is 1. The summed E-state index contributed by atoms with van der Waals surface area (Å²) in [4.78, 5) is 30.0. The highest BCUT2D eigenvalue weighted by atomic mass is 19.4. The molecule has 7 rings (SSSR count). The zero-order valence-corrected chi connectivity index (χ0v) is 32.8. The van der Waals surface area contributed by atoms with Crippen molar-refractivity contribution in [3.63, 3.8) is 0 Å². The number of halogens is 5. The monoisotopic (exact) mass is 804 g/mol. The van der Waals surface area contributed by atoms with Crippen LogP contribution < -0.4 is 10.1 Å². The number of allylic oxidation sites excluding steroid dienone is 2. The number of urea groups is 1. The maximum Gasteiger partial charge on any atom is 0.573 e. The number of hydrogen-bond donors (Lipinski definition) is 3. The molecule has 4 aromatic carbocycles. The number of carbonyl (C=O) groups is 2. The number of alkyl halides is 3. The molecule has 4 aromatic rings. The van der Waals surface area contributed by atoms with Crippen LogP contribution in [0.1, 0.15) is 109 Å². The molecule has 0 unspecified atom stereocenters. The highest BCUT2D eigenvalue weighted by molar-refractivity contribution is 6.10. The Bertz CT molecular complexity index is 2130. The predicted octanol–water partition coefficient (Wildman–Crippen LogP) is 10.1. The van der Waals surface area contributed by atoms with Crippen molar-refractivity contribution >= 4 is 11.8 Å². The average molecular weight is 805 g/mol. The summed E-state index contributed by atoms with van der Waals surface area (Å²) in [5, 5.41) is 27.0. The van der Waals surface area contributed by atoms with Gasteiger partial charge in [-0.2, -0.15) is 0 Å². The van der Waals surface area contributed by atoms with Gasteiger partial charge in [0.05, 0.1) is 24.3 Å². The van der Waals surface area contributed by atoms with E-state index in [0.29, 0.717) is 48.8 Å². The molecule has 0 heterocycles. The number of ketones is 1. The fourth-order valence-corrected chi connectivity index (χ4v) is 8.62. The van der Waals surface area contributed by atoms with Gasteiger partial charge in [0.2, 0.25) is 0 Å². The fourth-order valence-electron chi connectivity index (χ4n) is 8.62. The molecule has 2 bridgehead atoms. The van der Waals surface area contributed by atoms with Gasteiger partial charge in [0.15, 0.2) is 17.4 Å². The second-order valence-electron chi connectivity index (χ2n) is 16.0. The van der Waals surface area contributed by atoms with Gasteiger partial charge in [-0.05, 0) is 123 Å². The molecule has 58 heavy (non-hydrogen) atoms. The van der Waals surface area contributed by atoms with Gasteiger partial charge < -0.3 is 25.2 Å². The van der Waals surface area contributed by atoms with Crippen molar-refractivity contribution in [3.05, 3.63) is 148 Å². The van der Waals surface area contributed by atoms with Gasteiger partial charge in [0.1, 0.15) is 5.75 Å². The number of aliphatic hydroxyl groups is 2. The van der Waals surface area contributed by atoms with Crippen LogP contribution in [0.25, 0.3) is 0 Å². The van der Waals surface area contributed by atoms with Crippen LogP contribution in [0.3, 0.4) is 0 Å². The van der Waals surface area contributed by atoms with Gasteiger partial charge in [-0.3, -0.25) is 4.79 Å². The second-order valence-corrected chi connectivity index (χ2v) is 16.0. The maximum absolute atomic E-state index is 14.5. The molecule has 1 saturated carbocycles. The molecular formula is C46H49F5N2O5. The predicted molar refractivity (Wildman–Crippen MR) is 210 cm³/mol. The third kappa shape index (κ3) is 9.78. The number of hydrogen-bond acceptors (Lipinski definition) is 5. The first-order valence-corrected chi connectivity index (χ1v) is 19.6. The number of rotatable bonds is 9. The van der Waals surface area contributed by atoms with Crippen LogP contribution in [0, 0.1) is 17.0 Å². The molecule has 1 fully saturated rings. The molecule has 2 amide bonds. The highest BCUT2D eigenvalue weighted by Crippen LogP contribution is 2.59. The Morgan fingerprint density at radius 2 is 1.67 bits per heavy atom. The minimum absolute atomic E-state index is 0.0467. The number of carbonyl (C=O) groups excluding carboxylic acids is 2.